The molecule has 0 fully saturated rings. The Hall–Kier alpha value is -0.980. The first-order valence-electron chi connectivity index (χ1n) is 7.19. The van der Waals surface area contributed by atoms with E-state index in [1.807, 2.05) is 12.1 Å². The second-order valence-corrected chi connectivity index (χ2v) is 5.95. The summed E-state index contributed by atoms with van der Waals surface area (Å²) >= 11 is 0. The van der Waals surface area contributed by atoms with E-state index >= 15 is 0 Å². The van der Waals surface area contributed by atoms with Gasteiger partial charge in [-0.15, -0.1) is 0 Å². The molecule has 0 atom stereocenters. The second-order valence-electron chi connectivity index (χ2n) is 5.95. The minimum atomic E-state index is 0.190. The molecule has 1 radical (unpaired) electrons. The summed E-state index contributed by atoms with van der Waals surface area (Å²) in [6.07, 6.45) is 6.38. The van der Waals surface area contributed by atoms with Crippen molar-refractivity contribution in [3.8, 4) is 5.75 Å². The Morgan fingerprint density at radius 1 is 1.06 bits per heavy atom. The Bertz CT molecular complexity index is 318. The summed E-state index contributed by atoms with van der Waals surface area (Å²) in [5.74, 6) is 0.874. The van der Waals surface area contributed by atoms with Crippen LogP contribution in [0.4, 0.5) is 0 Å². The molecule has 0 saturated carbocycles. The highest BCUT2D eigenvalue weighted by molar-refractivity contribution is 5.29. The third-order valence-electron chi connectivity index (χ3n) is 3.16. The molecule has 0 aromatic heterocycles. The van der Waals surface area contributed by atoms with Crippen molar-refractivity contribution in [2.45, 2.75) is 65.2 Å². The Labute approximate surface area is 113 Å². The van der Waals surface area contributed by atoms with Crippen LogP contribution in [-0.4, -0.2) is 6.61 Å². The lowest BCUT2D eigenvalue weighted by Gasteiger charge is -2.19. The van der Waals surface area contributed by atoms with Gasteiger partial charge in [-0.2, -0.15) is 0 Å². The minimum absolute atomic E-state index is 0.190. The average Bonchev–Trinajstić information content (AvgIpc) is 2.33. The maximum atomic E-state index is 5.70. The Kier molecular flexibility index (Phi) is 6.24. The molecule has 1 nitrogen and oxygen atoms in total. The van der Waals surface area contributed by atoms with E-state index in [2.05, 4.69) is 39.8 Å². The summed E-state index contributed by atoms with van der Waals surface area (Å²) in [7, 11) is 0. The van der Waals surface area contributed by atoms with Crippen molar-refractivity contribution in [1.29, 1.82) is 0 Å². The molecule has 1 aromatic carbocycles. The highest BCUT2D eigenvalue weighted by Gasteiger charge is 2.12. The highest BCUT2D eigenvalue weighted by atomic mass is 16.5. The monoisotopic (exact) mass is 247 g/mol. The molecule has 0 spiro atoms. The largest absolute Gasteiger partial charge is 0.493 e. The van der Waals surface area contributed by atoms with Crippen molar-refractivity contribution in [3.63, 3.8) is 0 Å². The SMILES string of the molecule is CCCCCCCOc1[c]cc(C(C)(C)C)cc1. The number of ether oxygens (including phenoxy) is 1. The number of unbranched alkanes of at least 4 members (excludes halogenated alkanes) is 4. The standard InChI is InChI=1S/C17H27O/c1-5-6-7-8-9-14-18-16-12-10-15(11-13-16)17(2,3)4/h10-12H,5-9,14H2,1-4H3. The van der Waals surface area contributed by atoms with Crippen molar-refractivity contribution in [2.24, 2.45) is 0 Å². The van der Waals surface area contributed by atoms with E-state index in [0.717, 1.165) is 18.8 Å². The molecule has 0 aliphatic rings. The first-order valence-corrected chi connectivity index (χ1v) is 7.19. The van der Waals surface area contributed by atoms with Gasteiger partial charge in [-0.1, -0.05) is 59.4 Å². The van der Waals surface area contributed by atoms with Gasteiger partial charge in [0.05, 0.1) is 6.61 Å². The second kappa shape index (κ2) is 7.45. The normalized spacial score (nSPS) is 11.6. The lowest BCUT2D eigenvalue weighted by atomic mass is 9.87. The molecule has 0 aliphatic carbocycles. The van der Waals surface area contributed by atoms with Crippen LogP contribution < -0.4 is 4.74 Å². The Morgan fingerprint density at radius 3 is 2.33 bits per heavy atom. The molecular weight excluding hydrogens is 220 g/mol. The molecule has 1 heteroatoms. The number of hydrogen-bond acceptors (Lipinski definition) is 1. The van der Waals surface area contributed by atoms with E-state index in [1.54, 1.807) is 0 Å². The summed E-state index contributed by atoms with van der Waals surface area (Å²) in [4.78, 5) is 0. The van der Waals surface area contributed by atoms with E-state index in [9.17, 15) is 0 Å². The molecule has 0 bridgehead atoms. The third kappa shape index (κ3) is 5.57. The molecule has 1 rings (SSSR count). The van der Waals surface area contributed by atoms with Crippen LogP contribution in [-0.2, 0) is 5.41 Å². The lowest BCUT2D eigenvalue weighted by molar-refractivity contribution is 0.303. The minimum Gasteiger partial charge on any atom is -0.493 e. The van der Waals surface area contributed by atoms with Crippen LogP contribution in [0.3, 0.4) is 0 Å². The van der Waals surface area contributed by atoms with Gasteiger partial charge in [-0.25, -0.2) is 0 Å². The molecule has 0 unspecified atom stereocenters. The van der Waals surface area contributed by atoms with Crippen molar-refractivity contribution >= 4 is 0 Å². The molecule has 0 aliphatic heterocycles. The van der Waals surface area contributed by atoms with Crippen LogP contribution in [0.1, 0.15) is 65.4 Å². The molecule has 18 heavy (non-hydrogen) atoms. The third-order valence-corrected chi connectivity index (χ3v) is 3.16. The molecule has 0 amide bonds. The summed E-state index contributed by atoms with van der Waals surface area (Å²) in [6, 6.07) is 9.45. The molecule has 1 aromatic rings. The summed E-state index contributed by atoms with van der Waals surface area (Å²) in [6.45, 7) is 9.69. The van der Waals surface area contributed by atoms with Gasteiger partial charge >= 0.3 is 0 Å². The maximum Gasteiger partial charge on any atom is 0.127 e. The topological polar surface area (TPSA) is 9.23 Å². The number of hydrogen-bond donors (Lipinski definition) is 0. The van der Waals surface area contributed by atoms with Gasteiger partial charge in [0.2, 0.25) is 0 Å². The predicted octanol–water partition coefficient (Wildman–Crippen LogP) is 5.13. The zero-order valence-electron chi connectivity index (χ0n) is 12.4. The van der Waals surface area contributed by atoms with Crippen LogP contribution in [0.5, 0.6) is 5.75 Å². The summed E-state index contributed by atoms with van der Waals surface area (Å²) < 4.78 is 5.70. The first kappa shape index (κ1) is 15.1. The molecule has 101 valence electrons. The first-order chi connectivity index (χ1) is 8.54. The van der Waals surface area contributed by atoms with Crippen molar-refractivity contribution in [1.82, 2.24) is 0 Å². The zero-order valence-corrected chi connectivity index (χ0v) is 12.4. The molecule has 0 heterocycles. The zero-order chi connectivity index (χ0) is 13.4. The van der Waals surface area contributed by atoms with Crippen LogP contribution >= 0.6 is 0 Å². The van der Waals surface area contributed by atoms with Crippen LogP contribution in [0.15, 0.2) is 18.2 Å². The van der Waals surface area contributed by atoms with Gasteiger partial charge in [-0.3, -0.25) is 0 Å². The molecule has 0 saturated heterocycles. The number of benzene rings is 1. The fourth-order valence-corrected chi connectivity index (χ4v) is 1.85. The lowest BCUT2D eigenvalue weighted by Crippen LogP contribution is -2.10. The van der Waals surface area contributed by atoms with E-state index in [1.165, 1.54) is 31.2 Å². The Morgan fingerprint density at radius 2 is 1.78 bits per heavy atom. The average molecular weight is 247 g/mol. The van der Waals surface area contributed by atoms with E-state index in [0.29, 0.717) is 0 Å². The van der Waals surface area contributed by atoms with Crippen LogP contribution in [0.2, 0.25) is 0 Å². The fraction of sp³-hybridized carbons (Fsp3) is 0.647. The summed E-state index contributed by atoms with van der Waals surface area (Å²) in [5.41, 5.74) is 1.49. The van der Waals surface area contributed by atoms with Crippen LogP contribution in [0, 0.1) is 6.07 Å². The van der Waals surface area contributed by atoms with Crippen molar-refractivity contribution in [2.75, 3.05) is 6.61 Å². The molecule has 0 N–H and O–H groups in total. The van der Waals surface area contributed by atoms with E-state index in [4.69, 9.17) is 4.74 Å². The predicted molar refractivity (Wildman–Crippen MR) is 78.2 cm³/mol. The van der Waals surface area contributed by atoms with Gasteiger partial charge in [0, 0.05) is 6.07 Å². The van der Waals surface area contributed by atoms with Gasteiger partial charge in [0.1, 0.15) is 5.75 Å². The van der Waals surface area contributed by atoms with Gasteiger partial charge in [0.15, 0.2) is 0 Å². The van der Waals surface area contributed by atoms with Crippen molar-refractivity contribution in [3.05, 3.63) is 29.8 Å². The fourth-order valence-electron chi connectivity index (χ4n) is 1.85. The van der Waals surface area contributed by atoms with Crippen molar-refractivity contribution < 1.29 is 4.74 Å². The van der Waals surface area contributed by atoms with E-state index in [-0.39, 0.29) is 5.41 Å². The maximum absolute atomic E-state index is 5.70. The van der Waals surface area contributed by atoms with Gasteiger partial charge < -0.3 is 4.74 Å². The van der Waals surface area contributed by atoms with E-state index < -0.39 is 0 Å². The van der Waals surface area contributed by atoms with Crippen LogP contribution in [0.25, 0.3) is 0 Å². The Balaban J connectivity index is 2.27. The molecular formula is C17H27O. The van der Waals surface area contributed by atoms with Gasteiger partial charge in [-0.05, 0) is 29.5 Å². The van der Waals surface area contributed by atoms with Gasteiger partial charge in [0.25, 0.3) is 0 Å². The quantitative estimate of drug-likeness (QED) is 0.607. The smallest absolute Gasteiger partial charge is 0.127 e. The summed E-state index contributed by atoms with van der Waals surface area (Å²) in [5, 5.41) is 0. The highest BCUT2D eigenvalue weighted by Crippen LogP contribution is 2.23. The number of rotatable bonds is 7.